The van der Waals surface area contributed by atoms with Gasteiger partial charge >= 0.3 is 5.97 Å². The smallest absolute Gasteiger partial charge is 0.359 e. The number of hydrogen-bond donors (Lipinski definition) is 1. The van der Waals surface area contributed by atoms with Crippen molar-refractivity contribution in [2.24, 2.45) is 0 Å². The van der Waals surface area contributed by atoms with Crippen molar-refractivity contribution in [3.8, 4) is 0 Å². The number of ether oxygens (including phenoxy) is 1. The van der Waals surface area contributed by atoms with Gasteiger partial charge in [0, 0.05) is 22.5 Å². The van der Waals surface area contributed by atoms with Crippen molar-refractivity contribution in [2.45, 2.75) is 18.4 Å². The molecule has 2 aromatic carbocycles. The summed E-state index contributed by atoms with van der Waals surface area (Å²) in [5.74, 6) is -1.22. The lowest BCUT2D eigenvalue weighted by molar-refractivity contribution is -0.119. The van der Waals surface area contributed by atoms with Gasteiger partial charge < -0.3 is 10.1 Å². The van der Waals surface area contributed by atoms with Crippen LogP contribution in [0.15, 0.2) is 58.2 Å². The molecule has 0 fully saturated rings. The third-order valence-corrected chi connectivity index (χ3v) is 4.77. The maximum atomic E-state index is 12.5. The van der Waals surface area contributed by atoms with E-state index < -0.39 is 18.5 Å². The van der Waals surface area contributed by atoms with E-state index in [4.69, 9.17) is 4.74 Å². The average Bonchev–Trinajstić information content (AvgIpc) is 2.72. The summed E-state index contributed by atoms with van der Waals surface area (Å²) >= 11 is 1.56. The van der Waals surface area contributed by atoms with Gasteiger partial charge in [-0.15, -0.1) is 11.8 Å². The van der Waals surface area contributed by atoms with Gasteiger partial charge in [0.2, 0.25) is 0 Å². The monoisotopic (exact) mass is 397 g/mol. The Labute approximate surface area is 165 Å². The number of anilines is 1. The fourth-order valence-electron chi connectivity index (χ4n) is 2.70. The van der Waals surface area contributed by atoms with Crippen LogP contribution in [-0.4, -0.2) is 34.5 Å². The van der Waals surface area contributed by atoms with E-state index in [-0.39, 0.29) is 11.3 Å². The van der Waals surface area contributed by atoms with Crippen molar-refractivity contribution >= 4 is 40.1 Å². The van der Waals surface area contributed by atoms with Crippen molar-refractivity contribution in [2.75, 3.05) is 18.2 Å². The van der Waals surface area contributed by atoms with Crippen LogP contribution in [0.2, 0.25) is 0 Å². The molecule has 0 unspecified atom stereocenters. The maximum absolute atomic E-state index is 12.5. The highest BCUT2D eigenvalue weighted by atomic mass is 32.2. The van der Waals surface area contributed by atoms with Gasteiger partial charge in [-0.25, -0.2) is 9.48 Å². The topological polar surface area (TPSA) is 90.3 Å². The molecule has 3 rings (SSSR count). The molecule has 0 bridgehead atoms. The number of nitrogens with one attached hydrogen (secondary N) is 1. The number of rotatable bonds is 6. The van der Waals surface area contributed by atoms with Crippen LogP contribution in [-0.2, 0) is 16.1 Å². The van der Waals surface area contributed by atoms with E-state index in [0.29, 0.717) is 23.0 Å². The Balaban J connectivity index is 1.75. The first-order chi connectivity index (χ1) is 13.5. The van der Waals surface area contributed by atoms with E-state index in [0.717, 1.165) is 4.90 Å². The number of carbonyl (C=O) groups is 2. The summed E-state index contributed by atoms with van der Waals surface area (Å²) in [4.78, 5) is 38.0. The first kappa shape index (κ1) is 19.6. The Kier molecular flexibility index (Phi) is 6.10. The lowest BCUT2D eigenvalue weighted by Gasteiger charge is -2.10. The first-order valence-corrected chi connectivity index (χ1v) is 9.87. The molecule has 1 aromatic heterocycles. The Morgan fingerprint density at radius 3 is 2.61 bits per heavy atom. The van der Waals surface area contributed by atoms with Crippen LogP contribution in [0.1, 0.15) is 17.4 Å². The fraction of sp³-hybridized carbons (Fsp3) is 0.200. The zero-order chi connectivity index (χ0) is 20.1. The van der Waals surface area contributed by atoms with Crippen molar-refractivity contribution in [3.63, 3.8) is 0 Å². The largest absolute Gasteiger partial charge is 0.451 e. The number of thioether (sulfide) groups is 1. The number of amides is 1. The fourth-order valence-corrected chi connectivity index (χ4v) is 3.16. The summed E-state index contributed by atoms with van der Waals surface area (Å²) in [6, 6.07) is 14.0. The summed E-state index contributed by atoms with van der Waals surface area (Å²) in [5.41, 5.74) is 0.353. The highest BCUT2D eigenvalue weighted by Gasteiger charge is 2.18. The number of aryl methyl sites for hydroxylation is 1. The number of esters is 1. The van der Waals surface area contributed by atoms with Gasteiger partial charge in [-0.1, -0.05) is 24.3 Å². The molecule has 0 atom stereocenters. The third-order valence-electron chi connectivity index (χ3n) is 4.05. The molecule has 0 aliphatic rings. The van der Waals surface area contributed by atoms with Crippen molar-refractivity contribution in [1.29, 1.82) is 0 Å². The van der Waals surface area contributed by atoms with Gasteiger partial charge in [0.05, 0.1) is 5.39 Å². The molecule has 28 heavy (non-hydrogen) atoms. The minimum absolute atomic E-state index is 0.00855. The lowest BCUT2D eigenvalue weighted by Crippen LogP contribution is -2.27. The molecule has 8 heteroatoms. The second-order valence-corrected chi connectivity index (χ2v) is 6.75. The molecule has 0 spiro atoms. The molecule has 144 valence electrons. The van der Waals surface area contributed by atoms with E-state index in [1.54, 1.807) is 49.0 Å². The zero-order valence-corrected chi connectivity index (χ0v) is 16.3. The Morgan fingerprint density at radius 2 is 1.89 bits per heavy atom. The number of carbonyl (C=O) groups excluding carboxylic acids is 2. The normalized spacial score (nSPS) is 10.6. The van der Waals surface area contributed by atoms with E-state index in [9.17, 15) is 14.4 Å². The minimum atomic E-state index is -0.758. The highest BCUT2D eigenvalue weighted by Crippen LogP contribution is 2.19. The average molecular weight is 397 g/mol. The minimum Gasteiger partial charge on any atom is -0.451 e. The summed E-state index contributed by atoms with van der Waals surface area (Å²) in [6.07, 6.45) is 1.94. The summed E-state index contributed by atoms with van der Waals surface area (Å²) in [5, 5.41) is 7.56. The van der Waals surface area contributed by atoms with Crippen molar-refractivity contribution in [3.05, 3.63) is 64.6 Å². The molecule has 0 aliphatic heterocycles. The van der Waals surface area contributed by atoms with Crippen LogP contribution >= 0.6 is 11.8 Å². The van der Waals surface area contributed by atoms with Crippen molar-refractivity contribution < 1.29 is 14.3 Å². The third kappa shape index (κ3) is 4.23. The molecule has 1 N–H and O–H groups in total. The molecule has 1 heterocycles. The summed E-state index contributed by atoms with van der Waals surface area (Å²) < 4.78 is 6.33. The zero-order valence-electron chi connectivity index (χ0n) is 15.5. The van der Waals surface area contributed by atoms with Gasteiger partial charge in [0.1, 0.15) is 0 Å². The number of fused-ring (bicyclic) bond motifs is 1. The number of benzene rings is 2. The summed E-state index contributed by atoms with van der Waals surface area (Å²) in [6.45, 7) is 1.62. The molecule has 0 saturated carbocycles. The second-order valence-electron chi connectivity index (χ2n) is 5.87. The van der Waals surface area contributed by atoms with Gasteiger partial charge in [0.25, 0.3) is 11.5 Å². The molecule has 3 aromatic rings. The lowest BCUT2D eigenvalue weighted by atomic mass is 10.1. The molecule has 0 saturated heterocycles. The molecular formula is C20H19N3O4S. The van der Waals surface area contributed by atoms with Gasteiger partial charge in [-0.05, 0) is 37.4 Å². The van der Waals surface area contributed by atoms with E-state index in [2.05, 4.69) is 10.4 Å². The van der Waals surface area contributed by atoms with Crippen LogP contribution < -0.4 is 10.9 Å². The second kappa shape index (κ2) is 8.71. The van der Waals surface area contributed by atoms with Crippen LogP contribution in [0.5, 0.6) is 0 Å². The highest BCUT2D eigenvalue weighted by molar-refractivity contribution is 7.98. The predicted octanol–water partition coefficient (Wildman–Crippen LogP) is 2.93. The molecule has 7 nitrogen and oxygen atoms in total. The van der Waals surface area contributed by atoms with Crippen LogP contribution in [0, 0.1) is 0 Å². The molecular weight excluding hydrogens is 378 g/mol. The Morgan fingerprint density at radius 1 is 1.14 bits per heavy atom. The molecule has 1 amide bonds. The van der Waals surface area contributed by atoms with Gasteiger partial charge in [0.15, 0.2) is 12.3 Å². The quantitative estimate of drug-likeness (QED) is 0.508. The number of hydrogen-bond acceptors (Lipinski definition) is 6. The maximum Gasteiger partial charge on any atom is 0.359 e. The van der Waals surface area contributed by atoms with Crippen LogP contribution in [0.3, 0.4) is 0 Å². The predicted molar refractivity (Wildman–Crippen MR) is 109 cm³/mol. The molecule has 0 aliphatic carbocycles. The Hall–Kier alpha value is -3.13. The van der Waals surface area contributed by atoms with Gasteiger partial charge in [-0.2, -0.15) is 5.10 Å². The first-order valence-electron chi connectivity index (χ1n) is 8.64. The van der Waals surface area contributed by atoms with Crippen molar-refractivity contribution in [1.82, 2.24) is 9.78 Å². The van der Waals surface area contributed by atoms with E-state index >= 15 is 0 Å². The van der Waals surface area contributed by atoms with Crippen LogP contribution in [0.25, 0.3) is 10.8 Å². The standard InChI is InChI=1S/C20H19N3O4S/c1-3-23-19(25)16-10-5-4-9-15(16)18(22-23)20(26)27-12-17(24)21-13-7-6-8-14(11-13)28-2/h4-11H,3,12H2,1-2H3,(H,21,24). The van der Waals surface area contributed by atoms with E-state index in [1.165, 1.54) is 4.68 Å². The van der Waals surface area contributed by atoms with Crippen LogP contribution in [0.4, 0.5) is 5.69 Å². The SMILES string of the molecule is CCn1nc(C(=O)OCC(=O)Nc2cccc(SC)c2)c2ccccc2c1=O. The van der Waals surface area contributed by atoms with E-state index in [1.807, 2.05) is 24.5 Å². The molecule has 0 radical (unpaired) electrons. The number of aromatic nitrogens is 2. The van der Waals surface area contributed by atoms with Gasteiger partial charge in [-0.3, -0.25) is 9.59 Å². The number of nitrogens with zero attached hydrogens (tertiary/aromatic N) is 2. The Bertz CT molecular complexity index is 1090. The summed E-state index contributed by atoms with van der Waals surface area (Å²) in [7, 11) is 0.